The van der Waals surface area contributed by atoms with Gasteiger partial charge in [0.1, 0.15) is 0 Å². The van der Waals surface area contributed by atoms with Crippen LogP contribution in [0.4, 0.5) is 0 Å². The van der Waals surface area contributed by atoms with Crippen LogP contribution >= 0.6 is 15.9 Å². The fraction of sp³-hybridized carbons (Fsp3) is 0.429. The molecule has 1 aliphatic carbocycles. The molecule has 1 nitrogen and oxygen atoms in total. The van der Waals surface area contributed by atoms with Gasteiger partial charge >= 0.3 is 0 Å². The summed E-state index contributed by atoms with van der Waals surface area (Å²) in [5.41, 5.74) is 2.87. The lowest BCUT2D eigenvalue weighted by molar-refractivity contribution is 0.277. The molecule has 0 saturated heterocycles. The van der Waals surface area contributed by atoms with Crippen molar-refractivity contribution in [3.05, 3.63) is 40.4 Å². The van der Waals surface area contributed by atoms with Crippen LogP contribution in [-0.4, -0.2) is 25.0 Å². The predicted molar refractivity (Wildman–Crippen MR) is 73.4 cm³/mol. The van der Waals surface area contributed by atoms with Crippen LogP contribution in [0.5, 0.6) is 0 Å². The van der Waals surface area contributed by atoms with Crippen LogP contribution in [-0.2, 0) is 0 Å². The van der Waals surface area contributed by atoms with Crippen LogP contribution in [0.3, 0.4) is 0 Å². The summed E-state index contributed by atoms with van der Waals surface area (Å²) in [6.07, 6.45) is 6.04. The smallest absolute Gasteiger partial charge is 0.0181 e. The molecule has 0 unspecified atom stereocenters. The molecule has 0 N–H and O–H groups in total. The van der Waals surface area contributed by atoms with Crippen LogP contribution < -0.4 is 0 Å². The van der Waals surface area contributed by atoms with E-state index in [1.54, 1.807) is 0 Å². The van der Waals surface area contributed by atoms with Crippen molar-refractivity contribution < 1.29 is 0 Å². The molecule has 2 heteroatoms. The van der Waals surface area contributed by atoms with Crippen LogP contribution in [0.25, 0.3) is 5.57 Å². The first-order valence-corrected chi connectivity index (χ1v) is 6.57. The van der Waals surface area contributed by atoms with Crippen LogP contribution in [0.1, 0.15) is 24.8 Å². The standard InChI is InChI=1S/C14H18BrN/c1-16(2)14-8-6-11(7-9-14)12-4-3-5-13(15)10-12/h3-6,10,14H,7-9H2,1-2H3/t14-/m0/s1. The molecule has 2 rings (SSSR count). The number of hydrogen-bond acceptors (Lipinski definition) is 1. The molecular weight excluding hydrogens is 262 g/mol. The number of nitrogens with zero attached hydrogens (tertiary/aromatic N) is 1. The molecular formula is C14H18BrN. The molecule has 1 atom stereocenters. The second-order valence-electron chi connectivity index (χ2n) is 4.63. The van der Waals surface area contributed by atoms with Crippen molar-refractivity contribution in [1.29, 1.82) is 0 Å². The van der Waals surface area contributed by atoms with E-state index >= 15 is 0 Å². The summed E-state index contributed by atoms with van der Waals surface area (Å²) in [5.74, 6) is 0. The number of hydrogen-bond donors (Lipinski definition) is 0. The first-order valence-electron chi connectivity index (χ1n) is 5.78. The van der Waals surface area contributed by atoms with E-state index in [-0.39, 0.29) is 0 Å². The molecule has 0 fully saturated rings. The van der Waals surface area contributed by atoms with Gasteiger partial charge in [-0.05, 0) is 56.6 Å². The number of halogens is 1. The minimum absolute atomic E-state index is 0.718. The average Bonchev–Trinajstić information content (AvgIpc) is 2.29. The zero-order valence-electron chi connectivity index (χ0n) is 9.91. The normalized spacial score (nSPS) is 21.0. The summed E-state index contributed by atoms with van der Waals surface area (Å²) in [7, 11) is 4.34. The third-order valence-corrected chi connectivity index (χ3v) is 3.80. The summed E-state index contributed by atoms with van der Waals surface area (Å²) >= 11 is 3.53. The molecule has 1 aliphatic rings. The fourth-order valence-electron chi connectivity index (χ4n) is 2.24. The lowest BCUT2D eigenvalue weighted by atomic mass is 9.90. The van der Waals surface area contributed by atoms with Gasteiger partial charge in [-0.25, -0.2) is 0 Å². The molecule has 0 bridgehead atoms. The van der Waals surface area contributed by atoms with E-state index in [1.165, 1.54) is 34.9 Å². The minimum Gasteiger partial charge on any atom is -0.306 e. The second-order valence-corrected chi connectivity index (χ2v) is 5.55. The number of allylic oxidation sites excluding steroid dienone is 1. The van der Waals surface area contributed by atoms with E-state index in [0.717, 1.165) is 6.04 Å². The van der Waals surface area contributed by atoms with Crippen LogP contribution in [0.15, 0.2) is 34.8 Å². The zero-order chi connectivity index (χ0) is 11.5. The number of rotatable bonds is 2. The molecule has 86 valence electrons. The van der Waals surface area contributed by atoms with E-state index in [0.29, 0.717) is 0 Å². The van der Waals surface area contributed by atoms with E-state index in [1.807, 2.05) is 0 Å². The average molecular weight is 280 g/mol. The first-order chi connectivity index (χ1) is 7.66. The SMILES string of the molecule is CN(C)[C@H]1CC=C(c2cccc(Br)c2)CC1. The monoisotopic (exact) mass is 279 g/mol. The zero-order valence-corrected chi connectivity index (χ0v) is 11.5. The highest BCUT2D eigenvalue weighted by atomic mass is 79.9. The summed E-state index contributed by atoms with van der Waals surface area (Å²) in [5, 5.41) is 0. The van der Waals surface area contributed by atoms with Gasteiger partial charge in [0.2, 0.25) is 0 Å². The Morgan fingerprint density at radius 3 is 2.69 bits per heavy atom. The predicted octanol–water partition coefficient (Wildman–Crippen LogP) is 3.95. The Bertz CT molecular complexity index is 395. The summed E-state index contributed by atoms with van der Waals surface area (Å²) in [6, 6.07) is 9.32. The topological polar surface area (TPSA) is 3.24 Å². The molecule has 0 heterocycles. The molecule has 0 amide bonds. The third kappa shape index (κ3) is 2.74. The van der Waals surface area contributed by atoms with Crippen molar-refractivity contribution >= 4 is 21.5 Å². The Kier molecular flexibility index (Phi) is 3.82. The largest absolute Gasteiger partial charge is 0.306 e. The molecule has 0 radical (unpaired) electrons. The Hall–Kier alpha value is -0.600. The molecule has 0 aromatic heterocycles. The van der Waals surface area contributed by atoms with E-state index in [4.69, 9.17) is 0 Å². The third-order valence-electron chi connectivity index (χ3n) is 3.31. The van der Waals surface area contributed by atoms with Crippen molar-refractivity contribution in [3.63, 3.8) is 0 Å². The minimum atomic E-state index is 0.718. The van der Waals surface area contributed by atoms with Gasteiger partial charge in [0, 0.05) is 10.5 Å². The van der Waals surface area contributed by atoms with Crippen LogP contribution in [0, 0.1) is 0 Å². The first kappa shape index (κ1) is 11.9. The summed E-state index contributed by atoms with van der Waals surface area (Å²) in [6.45, 7) is 0. The van der Waals surface area contributed by atoms with Gasteiger partial charge in [-0.2, -0.15) is 0 Å². The van der Waals surface area contributed by atoms with Gasteiger partial charge in [0.25, 0.3) is 0 Å². The van der Waals surface area contributed by atoms with Gasteiger partial charge in [-0.3, -0.25) is 0 Å². The number of benzene rings is 1. The van der Waals surface area contributed by atoms with E-state index < -0.39 is 0 Å². The highest BCUT2D eigenvalue weighted by molar-refractivity contribution is 9.10. The van der Waals surface area contributed by atoms with Gasteiger partial charge in [0.05, 0.1) is 0 Å². The second kappa shape index (κ2) is 5.15. The Morgan fingerprint density at radius 1 is 1.31 bits per heavy atom. The fourth-order valence-corrected chi connectivity index (χ4v) is 2.64. The summed E-state index contributed by atoms with van der Waals surface area (Å²) in [4.78, 5) is 2.33. The lowest BCUT2D eigenvalue weighted by Crippen LogP contribution is -2.28. The van der Waals surface area contributed by atoms with Gasteiger partial charge in [0.15, 0.2) is 0 Å². The van der Waals surface area contributed by atoms with Crippen molar-refractivity contribution in [3.8, 4) is 0 Å². The van der Waals surface area contributed by atoms with E-state index in [2.05, 4.69) is 65.3 Å². The lowest BCUT2D eigenvalue weighted by Gasteiger charge is -2.27. The van der Waals surface area contributed by atoms with Gasteiger partial charge in [-0.1, -0.05) is 34.1 Å². The maximum Gasteiger partial charge on any atom is 0.0181 e. The van der Waals surface area contributed by atoms with Crippen molar-refractivity contribution in [2.24, 2.45) is 0 Å². The molecule has 0 saturated carbocycles. The maximum absolute atomic E-state index is 3.53. The molecule has 0 spiro atoms. The van der Waals surface area contributed by atoms with Crippen LogP contribution in [0.2, 0.25) is 0 Å². The molecule has 1 aromatic carbocycles. The summed E-state index contributed by atoms with van der Waals surface area (Å²) < 4.78 is 1.17. The molecule has 1 aromatic rings. The van der Waals surface area contributed by atoms with Crippen molar-refractivity contribution in [2.45, 2.75) is 25.3 Å². The highest BCUT2D eigenvalue weighted by Gasteiger charge is 2.16. The highest BCUT2D eigenvalue weighted by Crippen LogP contribution is 2.29. The van der Waals surface area contributed by atoms with Crippen molar-refractivity contribution in [1.82, 2.24) is 4.90 Å². The van der Waals surface area contributed by atoms with Gasteiger partial charge < -0.3 is 4.90 Å². The van der Waals surface area contributed by atoms with Gasteiger partial charge in [-0.15, -0.1) is 0 Å². The van der Waals surface area contributed by atoms with E-state index in [9.17, 15) is 0 Å². The molecule has 0 aliphatic heterocycles. The quantitative estimate of drug-likeness (QED) is 0.793. The van der Waals surface area contributed by atoms with Crippen molar-refractivity contribution in [2.75, 3.05) is 14.1 Å². The Morgan fingerprint density at radius 2 is 2.12 bits per heavy atom. The maximum atomic E-state index is 3.53. The Labute approximate surface area is 106 Å². The Balaban J connectivity index is 2.13. The molecule has 16 heavy (non-hydrogen) atoms.